The first-order valence-corrected chi connectivity index (χ1v) is 4.19. The highest BCUT2D eigenvalue weighted by Crippen LogP contribution is 2.17. The third-order valence-electron chi connectivity index (χ3n) is 1.99. The lowest BCUT2D eigenvalue weighted by Gasteiger charge is -2.23. The van der Waals surface area contributed by atoms with Crippen LogP contribution in [0.3, 0.4) is 0 Å². The molecule has 1 fully saturated rings. The molecule has 11 heavy (non-hydrogen) atoms. The van der Waals surface area contributed by atoms with Gasteiger partial charge in [0.05, 0.1) is 12.7 Å². The quantitative estimate of drug-likeness (QED) is 0.677. The SMILES string of the molecule is OCC(F)CC1CCCCO1. The summed E-state index contributed by atoms with van der Waals surface area (Å²) in [5.41, 5.74) is 0. The molecule has 0 saturated carbocycles. The van der Waals surface area contributed by atoms with Crippen LogP contribution in [-0.4, -0.2) is 30.6 Å². The van der Waals surface area contributed by atoms with Gasteiger partial charge in [-0.25, -0.2) is 4.39 Å². The molecule has 0 bridgehead atoms. The van der Waals surface area contributed by atoms with E-state index >= 15 is 0 Å². The van der Waals surface area contributed by atoms with Crippen LogP contribution in [0.2, 0.25) is 0 Å². The number of alkyl halides is 1. The first kappa shape index (κ1) is 8.94. The Morgan fingerprint density at radius 1 is 1.55 bits per heavy atom. The number of hydrogen-bond donors (Lipinski definition) is 1. The predicted molar refractivity (Wildman–Crippen MR) is 40.2 cm³/mol. The van der Waals surface area contributed by atoms with Crippen LogP contribution in [0.5, 0.6) is 0 Å². The van der Waals surface area contributed by atoms with Crippen LogP contribution < -0.4 is 0 Å². The van der Waals surface area contributed by atoms with E-state index in [0.29, 0.717) is 6.42 Å². The van der Waals surface area contributed by atoms with Gasteiger partial charge in [-0.05, 0) is 19.3 Å². The third kappa shape index (κ3) is 3.16. The maximum atomic E-state index is 12.6. The van der Waals surface area contributed by atoms with Crippen molar-refractivity contribution in [2.75, 3.05) is 13.2 Å². The number of halogens is 1. The minimum atomic E-state index is -1.10. The van der Waals surface area contributed by atoms with Crippen LogP contribution in [0.25, 0.3) is 0 Å². The molecule has 1 heterocycles. The second-order valence-electron chi connectivity index (χ2n) is 3.00. The van der Waals surface area contributed by atoms with E-state index in [1.807, 2.05) is 0 Å². The molecule has 1 rings (SSSR count). The molecule has 0 radical (unpaired) electrons. The van der Waals surface area contributed by atoms with Gasteiger partial charge in [-0.15, -0.1) is 0 Å². The van der Waals surface area contributed by atoms with Gasteiger partial charge < -0.3 is 9.84 Å². The van der Waals surface area contributed by atoms with Crippen molar-refractivity contribution in [3.63, 3.8) is 0 Å². The molecule has 1 saturated heterocycles. The summed E-state index contributed by atoms with van der Waals surface area (Å²) in [6, 6.07) is 0. The van der Waals surface area contributed by atoms with E-state index in [9.17, 15) is 4.39 Å². The van der Waals surface area contributed by atoms with Gasteiger partial charge in [-0.1, -0.05) is 0 Å². The van der Waals surface area contributed by atoms with E-state index in [1.54, 1.807) is 0 Å². The average Bonchev–Trinajstić information content (AvgIpc) is 2.06. The van der Waals surface area contributed by atoms with Crippen LogP contribution in [-0.2, 0) is 4.74 Å². The highest BCUT2D eigenvalue weighted by molar-refractivity contribution is 4.67. The molecule has 0 aliphatic carbocycles. The molecule has 66 valence electrons. The predicted octanol–water partition coefficient (Wildman–Crippen LogP) is 1.28. The Bertz CT molecular complexity index is 102. The Morgan fingerprint density at radius 3 is 2.91 bits per heavy atom. The molecule has 2 nitrogen and oxygen atoms in total. The van der Waals surface area contributed by atoms with Gasteiger partial charge in [0, 0.05) is 13.0 Å². The first-order chi connectivity index (χ1) is 5.33. The lowest BCUT2D eigenvalue weighted by Crippen LogP contribution is -2.24. The van der Waals surface area contributed by atoms with Crippen molar-refractivity contribution in [3.8, 4) is 0 Å². The normalized spacial score (nSPS) is 28.4. The van der Waals surface area contributed by atoms with Gasteiger partial charge in [0.15, 0.2) is 0 Å². The highest BCUT2D eigenvalue weighted by Gasteiger charge is 2.18. The molecule has 2 unspecified atom stereocenters. The van der Waals surface area contributed by atoms with Crippen molar-refractivity contribution in [1.29, 1.82) is 0 Å². The van der Waals surface area contributed by atoms with Crippen molar-refractivity contribution in [1.82, 2.24) is 0 Å². The molecule has 1 aliphatic heterocycles. The van der Waals surface area contributed by atoms with Crippen LogP contribution in [0.4, 0.5) is 4.39 Å². The lowest BCUT2D eigenvalue weighted by atomic mass is 10.0. The zero-order valence-electron chi connectivity index (χ0n) is 6.63. The standard InChI is InChI=1S/C8H15FO2/c9-7(6-10)5-8-3-1-2-4-11-8/h7-8,10H,1-6H2. The van der Waals surface area contributed by atoms with Crippen molar-refractivity contribution < 1.29 is 14.2 Å². The van der Waals surface area contributed by atoms with Crippen molar-refractivity contribution >= 4 is 0 Å². The van der Waals surface area contributed by atoms with Gasteiger partial charge in [-0.2, -0.15) is 0 Å². The molecule has 0 aromatic carbocycles. The van der Waals surface area contributed by atoms with Crippen molar-refractivity contribution in [3.05, 3.63) is 0 Å². The van der Waals surface area contributed by atoms with E-state index in [1.165, 1.54) is 0 Å². The van der Waals surface area contributed by atoms with Gasteiger partial charge >= 0.3 is 0 Å². The number of aliphatic hydroxyl groups is 1. The Kier molecular flexibility index (Phi) is 3.80. The summed E-state index contributed by atoms with van der Waals surface area (Å²) in [5.74, 6) is 0. The summed E-state index contributed by atoms with van der Waals surface area (Å²) < 4.78 is 17.9. The van der Waals surface area contributed by atoms with E-state index < -0.39 is 6.17 Å². The zero-order valence-corrected chi connectivity index (χ0v) is 6.63. The molecule has 0 aromatic heterocycles. The van der Waals surface area contributed by atoms with Gasteiger partial charge in [0.25, 0.3) is 0 Å². The second kappa shape index (κ2) is 4.67. The Hall–Kier alpha value is -0.150. The minimum Gasteiger partial charge on any atom is -0.393 e. The molecule has 0 amide bonds. The highest BCUT2D eigenvalue weighted by atomic mass is 19.1. The zero-order chi connectivity index (χ0) is 8.10. The molecule has 0 spiro atoms. The summed E-state index contributed by atoms with van der Waals surface area (Å²) in [7, 11) is 0. The number of rotatable bonds is 3. The Morgan fingerprint density at radius 2 is 2.36 bits per heavy atom. The van der Waals surface area contributed by atoms with Crippen LogP contribution >= 0.6 is 0 Å². The van der Waals surface area contributed by atoms with E-state index in [2.05, 4.69) is 0 Å². The average molecular weight is 162 g/mol. The lowest BCUT2D eigenvalue weighted by molar-refractivity contribution is -0.00889. The molecular weight excluding hydrogens is 147 g/mol. The topological polar surface area (TPSA) is 29.5 Å². The molecule has 0 aromatic rings. The smallest absolute Gasteiger partial charge is 0.126 e. The van der Waals surface area contributed by atoms with E-state index in [0.717, 1.165) is 25.9 Å². The summed E-state index contributed by atoms with van der Waals surface area (Å²) in [6.45, 7) is 0.378. The van der Waals surface area contributed by atoms with Crippen LogP contribution in [0, 0.1) is 0 Å². The molecule has 2 atom stereocenters. The maximum Gasteiger partial charge on any atom is 0.126 e. The first-order valence-electron chi connectivity index (χ1n) is 4.19. The number of hydrogen-bond acceptors (Lipinski definition) is 2. The number of aliphatic hydroxyl groups excluding tert-OH is 1. The minimum absolute atomic E-state index is 0.0471. The summed E-state index contributed by atoms with van der Waals surface area (Å²) >= 11 is 0. The Balaban J connectivity index is 2.13. The third-order valence-corrected chi connectivity index (χ3v) is 1.99. The van der Waals surface area contributed by atoms with E-state index in [-0.39, 0.29) is 12.7 Å². The molecular formula is C8H15FO2. The summed E-state index contributed by atoms with van der Waals surface area (Å²) in [4.78, 5) is 0. The van der Waals surface area contributed by atoms with Gasteiger partial charge in [0.1, 0.15) is 6.17 Å². The molecule has 1 N–H and O–H groups in total. The van der Waals surface area contributed by atoms with Crippen LogP contribution in [0.15, 0.2) is 0 Å². The fraction of sp³-hybridized carbons (Fsp3) is 1.00. The maximum absolute atomic E-state index is 12.6. The largest absolute Gasteiger partial charge is 0.393 e. The van der Waals surface area contributed by atoms with Gasteiger partial charge in [0.2, 0.25) is 0 Å². The van der Waals surface area contributed by atoms with Crippen molar-refractivity contribution in [2.24, 2.45) is 0 Å². The van der Waals surface area contributed by atoms with Crippen molar-refractivity contribution in [2.45, 2.75) is 38.0 Å². The van der Waals surface area contributed by atoms with Gasteiger partial charge in [-0.3, -0.25) is 0 Å². The summed E-state index contributed by atoms with van der Waals surface area (Å²) in [5, 5.41) is 8.43. The second-order valence-corrected chi connectivity index (χ2v) is 3.00. The monoisotopic (exact) mass is 162 g/mol. The fourth-order valence-corrected chi connectivity index (χ4v) is 1.35. The fourth-order valence-electron chi connectivity index (χ4n) is 1.35. The van der Waals surface area contributed by atoms with Crippen LogP contribution in [0.1, 0.15) is 25.7 Å². The summed E-state index contributed by atoms with van der Waals surface area (Å²) in [6.07, 6.45) is 2.47. The molecule has 1 aliphatic rings. The van der Waals surface area contributed by atoms with E-state index in [4.69, 9.17) is 9.84 Å². The number of ether oxygens (including phenoxy) is 1. The molecule has 3 heteroatoms. The Labute approximate surface area is 66.4 Å².